The van der Waals surface area contributed by atoms with Crippen LogP contribution in [0.25, 0.3) is 10.9 Å². The molecule has 2 N–H and O–H groups in total. The van der Waals surface area contributed by atoms with E-state index in [9.17, 15) is 9.59 Å². The molecule has 0 radical (unpaired) electrons. The summed E-state index contributed by atoms with van der Waals surface area (Å²) in [6, 6.07) is 10.9. The van der Waals surface area contributed by atoms with Gasteiger partial charge in [-0.3, -0.25) is 4.79 Å². The first-order valence-electron chi connectivity index (χ1n) is 7.86. The van der Waals surface area contributed by atoms with Crippen LogP contribution >= 0.6 is 23.2 Å². The lowest BCUT2D eigenvalue weighted by atomic mass is 10.1. The molecule has 0 aliphatic carbocycles. The quantitative estimate of drug-likeness (QED) is 0.623. The van der Waals surface area contributed by atoms with Gasteiger partial charge in [0.1, 0.15) is 5.69 Å². The molecule has 7 heteroatoms. The SMILES string of the molecule is Cc1cc(C)c(NC(=O)COC(=O)c2[nH]c3ccccc3c2Cl)c(Cl)c1. The predicted octanol–water partition coefficient (Wildman–Crippen LogP) is 4.89. The molecule has 0 bridgehead atoms. The summed E-state index contributed by atoms with van der Waals surface area (Å²) in [5, 5.41) is 4.08. The van der Waals surface area contributed by atoms with E-state index in [1.807, 2.05) is 32.0 Å². The minimum absolute atomic E-state index is 0.116. The lowest BCUT2D eigenvalue weighted by molar-refractivity contribution is -0.119. The van der Waals surface area contributed by atoms with Crippen LogP contribution in [0.15, 0.2) is 36.4 Å². The number of aryl methyl sites for hydroxylation is 2. The maximum absolute atomic E-state index is 12.2. The van der Waals surface area contributed by atoms with Gasteiger partial charge >= 0.3 is 5.97 Å². The minimum Gasteiger partial charge on any atom is -0.451 e. The number of hydrogen-bond acceptors (Lipinski definition) is 3. The van der Waals surface area contributed by atoms with Crippen LogP contribution in [-0.4, -0.2) is 23.5 Å². The first-order valence-corrected chi connectivity index (χ1v) is 8.62. The number of carbonyl (C=O) groups excluding carboxylic acids is 2. The first kappa shape index (κ1) is 18.3. The third-order valence-corrected chi connectivity index (χ3v) is 4.57. The Morgan fingerprint density at radius 1 is 1.15 bits per heavy atom. The average Bonchev–Trinajstić information content (AvgIpc) is 2.93. The maximum Gasteiger partial charge on any atom is 0.356 e. The molecule has 0 saturated carbocycles. The Balaban J connectivity index is 1.67. The zero-order valence-corrected chi connectivity index (χ0v) is 15.7. The molecular formula is C19H16Cl2N2O3. The monoisotopic (exact) mass is 390 g/mol. The molecule has 0 spiro atoms. The highest BCUT2D eigenvalue weighted by Crippen LogP contribution is 2.28. The van der Waals surface area contributed by atoms with Gasteiger partial charge in [0.05, 0.1) is 15.7 Å². The van der Waals surface area contributed by atoms with E-state index < -0.39 is 18.5 Å². The Morgan fingerprint density at radius 3 is 2.58 bits per heavy atom. The normalized spacial score (nSPS) is 10.8. The summed E-state index contributed by atoms with van der Waals surface area (Å²) in [6.45, 7) is 3.30. The number of para-hydroxylation sites is 1. The molecule has 1 aromatic heterocycles. The second-order valence-electron chi connectivity index (χ2n) is 5.92. The Labute approximate surface area is 160 Å². The first-order chi connectivity index (χ1) is 12.4. The van der Waals surface area contributed by atoms with Gasteiger partial charge in [-0.1, -0.05) is 47.5 Å². The van der Waals surface area contributed by atoms with Gasteiger partial charge in [-0.25, -0.2) is 4.79 Å². The van der Waals surface area contributed by atoms with Gasteiger partial charge in [-0.2, -0.15) is 0 Å². The van der Waals surface area contributed by atoms with Gasteiger partial charge in [0, 0.05) is 10.9 Å². The van der Waals surface area contributed by atoms with Crippen molar-refractivity contribution in [2.45, 2.75) is 13.8 Å². The molecule has 0 aliphatic heterocycles. The number of amides is 1. The molecule has 0 unspecified atom stereocenters. The number of hydrogen-bond donors (Lipinski definition) is 2. The average molecular weight is 391 g/mol. The van der Waals surface area contributed by atoms with E-state index in [-0.39, 0.29) is 10.7 Å². The predicted molar refractivity (Wildman–Crippen MR) is 103 cm³/mol. The Bertz CT molecular complexity index is 988. The Hall–Kier alpha value is -2.50. The molecule has 26 heavy (non-hydrogen) atoms. The summed E-state index contributed by atoms with van der Waals surface area (Å²) < 4.78 is 5.07. The zero-order chi connectivity index (χ0) is 18.8. The molecule has 5 nitrogen and oxygen atoms in total. The van der Waals surface area contributed by atoms with Gasteiger partial charge < -0.3 is 15.0 Å². The van der Waals surface area contributed by atoms with Crippen molar-refractivity contribution < 1.29 is 14.3 Å². The van der Waals surface area contributed by atoms with Crippen LogP contribution in [0.4, 0.5) is 5.69 Å². The van der Waals surface area contributed by atoms with Crippen molar-refractivity contribution in [1.82, 2.24) is 4.98 Å². The standard InChI is InChI=1S/C19H16Cl2N2O3/c1-10-7-11(2)17(13(20)8-10)23-15(24)9-26-19(25)18-16(21)12-5-3-4-6-14(12)22-18/h3-8,22H,9H2,1-2H3,(H,23,24). The van der Waals surface area contributed by atoms with E-state index in [2.05, 4.69) is 10.3 Å². The topological polar surface area (TPSA) is 71.2 Å². The summed E-state index contributed by atoms with van der Waals surface area (Å²) in [4.78, 5) is 27.2. The Morgan fingerprint density at radius 2 is 1.88 bits per heavy atom. The van der Waals surface area contributed by atoms with Crippen molar-refractivity contribution in [3.63, 3.8) is 0 Å². The fourth-order valence-corrected chi connectivity index (χ4v) is 3.36. The van der Waals surface area contributed by atoms with E-state index in [1.165, 1.54) is 0 Å². The number of rotatable bonds is 4. The second kappa shape index (κ2) is 7.40. The van der Waals surface area contributed by atoms with E-state index in [0.717, 1.165) is 16.6 Å². The number of anilines is 1. The molecule has 0 saturated heterocycles. The number of fused-ring (bicyclic) bond motifs is 1. The molecule has 3 rings (SSSR count). The Kier molecular flexibility index (Phi) is 5.20. The van der Waals surface area contributed by atoms with Crippen molar-refractivity contribution in [2.24, 2.45) is 0 Å². The molecule has 134 valence electrons. The summed E-state index contributed by atoms with van der Waals surface area (Å²) in [6.07, 6.45) is 0. The third-order valence-electron chi connectivity index (χ3n) is 3.88. The summed E-state index contributed by atoms with van der Waals surface area (Å²) >= 11 is 12.4. The highest BCUT2D eigenvalue weighted by molar-refractivity contribution is 6.38. The van der Waals surface area contributed by atoms with Crippen LogP contribution in [0.1, 0.15) is 21.6 Å². The largest absolute Gasteiger partial charge is 0.451 e. The number of ether oxygens (including phenoxy) is 1. The van der Waals surface area contributed by atoms with Crippen LogP contribution in [0.3, 0.4) is 0 Å². The van der Waals surface area contributed by atoms with Crippen molar-refractivity contribution in [3.8, 4) is 0 Å². The van der Waals surface area contributed by atoms with Gasteiger partial charge in [-0.05, 0) is 37.1 Å². The van der Waals surface area contributed by atoms with E-state index in [0.29, 0.717) is 16.1 Å². The summed E-state index contributed by atoms with van der Waals surface area (Å²) in [5.74, 6) is -1.19. The van der Waals surface area contributed by atoms with Crippen LogP contribution in [-0.2, 0) is 9.53 Å². The molecule has 0 aliphatic rings. The van der Waals surface area contributed by atoms with Gasteiger partial charge in [0.15, 0.2) is 6.61 Å². The van der Waals surface area contributed by atoms with E-state index in [1.54, 1.807) is 18.2 Å². The number of aromatic nitrogens is 1. The van der Waals surface area contributed by atoms with Crippen LogP contribution < -0.4 is 5.32 Å². The summed E-state index contributed by atoms with van der Waals surface area (Å²) in [5.41, 5.74) is 3.15. The van der Waals surface area contributed by atoms with E-state index >= 15 is 0 Å². The van der Waals surface area contributed by atoms with Crippen LogP contribution in [0.2, 0.25) is 10.0 Å². The number of H-pyrrole nitrogens is 1. The molecule has 1 amide bonds. The number of benzene rings is 2. The van der Waals surface area contributed by atoms with Crippen LogP contribution in [0.5, 0.6) is 0 Å². The smallest absolute Gasteiger partial charge is 0.356 e. The number of halogens is 2. The number of esters is 1. The lowest BCUT2D eigenvalue weighted by Gasteiger charge is -2.11. The molecule has 0 fully saturated rings. The number of nitrogens with one attached hydrogen (secondary N) is 2. The number of carbonyl (C=O) groups is 2. The highest BCUT2D eigenvalue weighted by Gasteiger charge is 2.19. The fourth-order valence-electron chi connectivity index (χ4n) is 2.70. The minimum atomic E-state index is -0.701. The van der Waals surface area contributed by atoms with E-state index in [4.69, 9.17) is 27.9 Å². The molecule has 0 atom stereocenters. The number of aromatic amines is 1. The van der Waals surface area contributed by atoms with Crippen molar-refractivity contribution >= 4 is 51.7 Å². The van der Waals surface area contributed by atoms with Gasteiger partial charge in [-0.15, -0.1) is 0 Å². The summed E-state index contributed by atoms with van der Waals surface area (Å²) in [7, 11) is 0. The molecular weight excluding hydrogens is 375 g/mol. The molecule has 1 heterocycles. The lowest BCUT2D eigenvalue weighted by Crippen LogP contribution is -2.21. The van der Waals surface area contributed by atoms with Crippen LogP contribution in [0, 0.1) is 13.8 Å². The highest BCUT2D eigenvalue weighted by atomic mass is 35.5. The fraction of sp³-hybridized carbons (Fsp3) is 0.158. The van der Waals surface area contributed by atoms with Gasteiger partial charge in [0.25, 0.3) is 5.91 Å². The van der Waals surface area contributed by atoms with Crippen molar-refractivity contribution in [3.05, 3.63) is 63.3 Å². The third kappa shape index (κ3) is 3.69. The molecule has 3 aromatic rings. The molecule has 2 aromatic carbocycles. The maximum atomic E-state index is 12.2. The zero-order valence-electron chi connectivity index (χ0n) is 14.2. The second-order valence-corrected chi connectivity index (χ2v) is 6.71. The van der Waals surface area contributed by atoms with Crippen molar-refractivity contribution in [1.29, 1.82) is 0 Å². The van der Waals surface area contributed by atoms with Crippen molar-refractivity contribution in [2.75, 3.05) is 11.9 Å². The van der Waals surface area contributed by atoms with Gasteiger partial charge in [0.2, 0.25) is 0 Å².